The van der Waals surface area contributed by atoms with Gasteiger partial charge in [-0.3, -0.25) is 14.3 Å². The first-order valence-electron chi connectivity index (χ1n) is 8.87. The Morgan fingerprint density at radius 2 is 2.04 bits per heavy atom. The monoisotopic (exact) mass is 354 g/mol. The highest BCUT2D eigenvalue weighted by molar-refractivity contribution is 5.79. The van der Waals surface area contributed by atoms with Gasteiger partial charge >= 0.3 is 0 Å². The van der Waals surface area contributed by atoms with Crippen molar-refractivity contribution in [3.63, 3.8) is 0 Å². The number of aromatic nitrogens is 3. The number of hydrogen-bond donors (Lipinski definition) is 0. The molecule has 0 aliphatic carbocycles. The van der Waals surface area contributed by atoms with Crippen LogP contribution >= 0.6 is 0 Å². The first-order chi connectivity index (χ1) is 13.2. The Bertz CT molecular complexity index is 1150. The SMILES string of the molecule is C#CCN1CCc2nc3cc(C#Cc4ccccn4)ccc3c(=O)n2CC1. The second kappa shape index (κ2) is 7.45. The van der Waals surface area contributed by atoms with E-state index < -0.39 is 0 Å². The van der Waals surface area contributed by atoms with Gasteiger partial charge in [-0.1, -0.05) is 17.9 Å². The summed E-state index contributed by atoms with van der Waals surface area (Å²) in [5.41, 5.74) is 2.21. The predicted octanol–water partition coefficient (Wildman–Crippen LogP) is 1.68. The van der Waals surface area contributed by atoms with E-state index in [1.807, 2.05) is 36.4 Å². The molecule has 3 heterocycles. The number of fused-ring (bicyclic) bond motifs is 2. The Kier molecular flexibility index (Phi) is 4.70. The highest BCUT2D eigenvalue weighted by Crippen LogP contribution is 2.13. The van der Waals surface area contributed by atoms with Gasteiger partial charge in [0.15, 0.2) is 0 Å². The Morgan fingerprint density at radius 1 is 1.11 bits per heavy atom. The Balaban J connectivity index is 1.71. The molecule has 0 N–H and O–H groups in total. The molecular weight excluding hydrogens is 336 g/mol. The zero-order valence-electron chi connectivity index (χ0n) is 14.9. The van der Waals surface area contributed by atoms with Crippen LogP contribution in [0.2, 0.25) is 0 Å². The van der Waals surface area contributed by atoms with Crippen LogP contribution in [0.25, 0.3) is 10.9 Å². The molecule has 0 saturated heterocycles. The van der Waals surface area contributed by atoms with Crippen LogP contribution in [0.15, 0.2) is 47.4 Å². The van der Waals surface area contributed by atoms with E-state index in [0.717, 1.165) is 24.5 Å². The molecule has 1 aliphatic rings. The van der Waals surface area contributed by atoms with Gasteiger partial charge in [-0.2, -0.15) is 0 Å². The minimum atomic E-state index is 0.00166. The molecule has 0 spiro atoms. The molecule has 3 aromatic rings. The predicted molar refractivity (Wildman–Crippen MR) is 105 cm³/mol. The highest BCUT2D eigenvalue weighted by Gasteiger charge is 2.17. The van der Waals surface area contributed by atoms with Crippen molar-refractivity contribution < 1.29 is 0 Å². The maximum atomic E-state index is 12.9. The lowest BCUT2D eigenvalue weighted by molar-refractivity contribution is 0.313. The van der Waals surface area contributed by atoms with E-state index in [-0.39, 0.29) is 5.56 Å². The standard InChI is InChI=1S/C22H18N4O/c1-2-12-25-13-10-21-24-20-16-17(6-8-18-5-3-4-11-23-18)7-9-19(20)22(27)26(21)15-14-25/h1,3-5,7,9,11,16H,10,12-15H2. The van der Waals surface area contributed by atoms with Crippen LogP contribution in [0.4, 0.5) is 0 Å². The molecule has 0 atom stereocenters. The summed E-state index contributed by atoms with van der Waals surface area (Å²) in [4.78, 5) is 24.0. The van der Waals surface area contributed by atoms with Gasteiger partial charge in [-0.15, -0.1) is 6.42 Å². The van der Waals surface area contributed by atoms with E-state index in [2.05, 4.69) is 27.6 Å². The van der Waals surface area contributed by atoms with Gasteiger partial charge < -0.3 is 0 Å². The number of nitrogens with zero attached hydrogens (tertiary/aromatic N) is 4. The molecule has 132 valence electrons. The van der Waals surface area contributed by atoms with Crippen molar-refractivity contribution in [3.05, 3.63) is 70.0 Å². The molecule has 0 fully saturated rings. The largest absolute Gasteiger partial charge is 0.295 e. The van der Waals surface area contributed by atoms with E-state index in [0.29, 0.717) is 36.1 Å². The van der Waals surface area contributed by atoms with Crippen LogP contribution in [0.3, 0.4) is 0 Å². The van der Waals surface area contributed by atoms with Crippen molar-refractivity contribution >= 4 is 10.9 Å². The summed E-state index contributed by atoms with van der Waals surface area (Å²) >= 11 is 0. The first-order valence-corrected chi connectivity index (χ1v) is 8.87. The van der Waals surface area contributed by atoms with Crippen LogP contribution in [0.5, 0.6) is 0 Å². The zero-order chi connectivity index (χ0) is 18.6. The van der Waals surface area contributed by atoms with Crippen molar-refractivity contribution in [1.29, 1.82) is 0 Å². The van der Waals surface area contributed by atoms with E-state index in [1.54, 1.807) is 10.8 Å². The summed E-state index contributed by atoms with van der Waals surface area (Å²) in [6.45, 7) is 2.77. The lowest BCUT2D eigenvalue weighted by Crippen LogP contribution is -2.29. The molecule has 0 bridgehead atoms. The molecule has 5 heteroatoms. The summed E-state index contributed by atoms with van der Waals surface area (Å²) < 4.78 is 1.78. The highest BCUT2D eigenvalue weighted by atomic mass is 16.1. The van der Waals surface area contributed by atoms with Gasteiger partial charge in [0.1, 0.15) is 11.5 Å². The topological polar surface area (TPSA) is 51.0 Å². The zero-order valence-corrected chi connectivity index (χ0v) is 14.9. The normalized spacial score (nSPS) is 13.9. The molecule has 4 rings (SSSR count). The quantitative estimate of drug-likeness (QED) is 0.624. The second-order valence-electron chi connectivity index (χ2n) is 6.41. The molecule has 0 radical (unpaired) electrons. The van der Waals surface area contributed by atoms with E-state index in [9.17, 15) is 4.79 Å². The Morgan fingerprint density at radius 3 is 2.85 bits per heavy atom. The van der Waals surface area contributed by atoms with Crippen LogP contribution < -0.4 is 5.56 Å². The number of hydrogen-bond acceptors (Lipinski definition) is 4. The fourth-order valence-corrected chi connectivity index (χ4v) is 3.24. The smallest absolute Gasteiger partial charge is 0.261 e. The number of terminal acetylenes is 1. The fraction of sp³-hybridized carbons (Fsp3) is 0.227. The van der Waals surface area contributed by atoms with Crippen LogP contribution in [-0.2, 0) is 13.0 Å². The molecule has 27 heavy (non-hydrogen) atoms. The summed E-state index contributed by atoms with van der Waals surface area (Å²) in [5, 5.41) is 0.618. The Hall–Kier alpha value is -3.41. The summed E-state index contributed by atoms with van der Waals surface area (Å²) in [6.07, 6.45) is 7.84. The lowest BCUT2D eigenvalue weighted by Gasteiger charge is -2.15. The third kappa shape index (κ3) is 3.60. The average Bonchev–Trinajstić information content (AvgIpc) is 2.90. The van der Waals surface area contributed by atoms with E-state index in [4.69, 9.17) is 11.4 Å². The van der Waals surface area contributed by atoms with Crippen LogP contribution in [0.1, 0.15) is 17.1 Å². The van der Waals surface area contributed by atoms with Gasteiger partial charge in [0.05, 0.1) is 17.4 Å². The minimum Gasteiger partial charge on any atom is -0.295 e. The third-order valence-electron chi connectivity index (χ3n) is 4.64. The summed E-state index contributed by atoms with van der Waals surface area (Å²) in [6, 6.07) is 11.2. The van der Waals surface area contributed by atoms with Crippen molar-refractivity contribution in [3.8, 4) is 24.2 Å². The Labute approximate surface area is 157 Å². The number of pyridine rings is 1. The molecule has 5 nitrogen and oxygen atoms in total. The summed E-state index contributed by atoms with van der Waals surface area (Å²) in [7, 11) is 0. The molecule has 1 aromatic carbocycles. The molecule has 0 unspecified atom stereocenters. The maximum absolute atomic E-state index is 12.9. The molecule has 2 aromatic heterocycles. The van der Waals surface area contributed by atoms with Crippen molar-refractivity contribution in [2.45, 2.75) is 13.0 Å². The van der Waals surface area contributed by atoms with Crippen molar-refractivity contribution in [2.75, 3.05) is 19.6 Å². The van der Waals surface area contributed by atoms with Gasteiger partial charge in [-0.25, -0.2) is 9.97 Å². The molecule has 0 amide bonds. The molecular formula is C22H18N4O. The van der Waals surface area contributed by atoms with Gasteiger partial charge in [0.25, 0.3) is 5.56 Å². The van der Waals surface area contributed by atoms with Crippen molar-refractivity contribution in [1.82, 2.24) is 19.4 Å². The van der Waals surface area contributed by atoms with Gasteiger partial charge in [0, 0.05) is 37.8 Å². The van der Waals surface area contributed by atoms with Crippen LogP contribution in [-0.4, -0.2) is 39.1 Å². The van der Waals surface area contributed by atoms with Crippen LogP contribution in [0, 0.1) is 24.2 Å². The summed E-state index contributed by atoms with van der Waals surface area (Å²) in [5.74, 6) is 9.61. The molecule has 0 saturated carbocycles. The average molecular weight is 354 g/mol. The number of benzene rings is 1. The number of rotatable bonds is 1. The van der Waals surface area contributed by atoms with E-state index >= 15 is 0 Å². The fourth-order valence-electron chi connectivity index (χ4n) is 3.24. The second-order valence-corrected chi connectivity index (χ2v) is 6.41. The third-order valence-corrected chi connectivity index (χ3v) is 4.64. The van der Waals surface area contributed by atoms with Gasteiger partial charge in [-0.05, 0) is 36.3 Å². The lowest BCUT2D eigenvalue weighted by atomic mass is 10.1. The molecule has 1 aliphatic heterocycles. The van der Waals surface area contributed by atoms with Crippen molar-refractivity contribution in [2.24, 2.45) is 0 Å². The van der Waals surface area contributed by atoms with E-state index in [1.165, 1.54) is 0 Å². The minimum absolute atomic E-state index is 0.00166. The maximum Gasteiger partial charge on any atom is 0.261 e. The first kappa shape index (κ1) is 17.0. The van der Waals surface area contributed by atoms with Gasteiger partial charge in [0.2, 0.25) is 0 Å².